The lowest BCUT2D eigenvalue weighted by Crippen LogP contribution is -2.34. The van der Waals surface area contributed by atoms with Gasteiger partial charge in [0.2, 0.25) is 0 Å². The standard InChI is InChI=1S/C10H9NO2/c1-5-3-6(2)11-10(5)9-7(12)4-8(9)13/h3,11H,2,4H2,1H3. The first-order valence-corrected chi connectivity index (χ1v) is 4.05. The van der Waals surface area contributed by atoms with Crippen molar-refractivity contribution in [3.8, 4) is 0 Å². The zero-order valence-corrected chi connectivity index (χ0v) is 7.31. The van der Waals surface area contributed by atoms with Crippen molar-refractivity contribution in [1.82, 2.24) is 4.98 Å². The van der Waals surface area contributed by atoms with Gasteiger partial charge < -0.3 is 4.98 Å². The molecule has 1 aliphatic carbocycles. The summed E-state index contributed by atoms with van der Waals surface area (Å²) in [6, 6.07) is 1.82. The van der Waals surface area contributed by atoms with Crippen LogP contribution < -0.4 is 10.7 Å². The Morgan fingerprint density at radius 2 is 2.00 bits per heavy atom. The van der Waals surface area contributed by atoms with E-state index in [1.54, 1.807) is 0 Å². The summed E-state index contributed by atoms with van der Waals surface area (Å²) in [6.07, 6.45) is 0.0558. The van der Waals surface area contributed by atoms with Crippen molar-refractivity contribution in [1.29, 1.82) is 0 Å². The fourth-order valence-electron chi connectivity index (χ4n) is 1.54. The minimum atomic E-state index is -0.0741. The van der Waals surface area contributed by atoms with Crippen LogP contribution in [-0.2, 0) is 9.59 Å². The molecule has 3 heteroatoms. The van der Waals surface area contributed by atoms with E-state index >= 15 is 0 Å². The molecule has 0 spiro atoms. The summed E-state index contributed by atoms with van der Waals surface area (Å²) in [4.78, 5) is 25.1. The average molecular weight is 175 g/mol. The Kier molecular flexibility index (Phi) is 1.49. The molecule has 0 bridgehead atoms. The van der Waals surface area contributed by atoms with Crippen molar-refractivity contribution in [3.63, 3.8) is 0 Å². The molecule has 13 heavy (non-hydrogen) atoms. The van der Waals surface area contributed by atoms with Crippen LogP contribution in [0, 0.1) is 6.92 Å². The van der Waals surface area contributed by atoms with E-state index in [1.807, 2.05) is 13.0 Å². The number of Topliss-reactive ketones (excluding diaryl/α,β-unsaturated/α-hetero) is 2. The topological polar surface area (TPSA) is 49.9 Å². The summed E-state index contributed by atoms with van der Waals surface area (Å²) in [5, 5.41) is 1.37. The molecule has 0 aromatic carbocycles. The van der Waals surface area contributed by atoms with Crippen LogP contribution in [0.3, 0.4) is 0 Å². The van der Waals surface area contributed by atoms with Gasteiger partial charge in [0.15, 0.2) is 11.6 Å². The first-order valence-electron chi connectivity index (χ1n) is 4.05. The van der Waals surface area contributed by atoms with Crippen LogP contribution in [-0.4, -0.2) is 16.6 Å². The number of carbonyl (C=O) groups excluding carboxylic acids is 2. The lowest BCUT2D eigenvalue weighted by Gasteiger charge is -2.12. The summed E-state index contributed by atoms with van der Waals surface area (Å²) in [7, 11) is 0. The minimum absolute atomic E-state index is 0.0558. The van der Waals surface area contributed by atoms with E-state index in [0.717, 1.165) is 10.9 Å². The van der Waals surface area contributed by atoms with Gasteiger partial charge in [-0.15, -0.1) is 0 Å². The number of hydrogen-bond donors (Lipinski definition) is 1. The molecule has 1 saturated carbocycles. The lowest BCUT2D eigenvalue weighted by atomic mass is 9.88. The molecule has 0 radical (unpaired) electrons. The fourth-order valence-corrected chi connectivity index (χ4v) is 1.54. The van der Waals surface area contributed by atoms with Crippen molar-refractivity contribution in [2.45, 2.75) is 13.3 Å². The smallest absolute Gasteiger partial charge is 0.176 e. The summed E-state index contributed by atoms with van der Waals surface area (Å²) in [5.41, 5.74) is 1.22. The van der Waals surface area contributed by atoms with E-state index in [4.69, 9.17) is 0 Å². The number of aromatic amines is 1. The molecule has 1 aliphatic rings. The summed E-state index contributed by atoms with van der Waals surface area (Å²) in [6.45, 7) is 5.55. The molecule has 1 N–H and O–H groups in total. The van der Waals surface area contributed by atoms with Crippen molar-refractivity contribution in [2.75, 3.05) is 0 Å². The number of ketones is 2. The number of rotatable bonds is 0. The zero-order valence-electron chi connectivity index (χ0n) is 7.31. The summed E-state index contributed by atoms with van der Waals surface area (Å²) < 4.78 is 0. The number of carbonyl (C=O) groups is 2. The maximum absolute atomic E-state index is 11.1. The van der Waals surface area contributed by atoms with Crippen molar-refractivity contribution < 1.29 is 9.59 Å². The Bertz CT molecular complexity index is 492. The normalized spacial score (nSPS) is 16.2. The SMILES string of the molecule is C=c1cc(C)c(=C2C(=O)CC2=O)[nH]1. The molecule has 66 valence electrons. The van der Waals surface area contributed by atoms with Gasteiger partial charge in [-0.1, -0.05) is 6.58 Å². The third-order valence-electron chi connectivity index (χ3n) is 2.20. The summed E-state index contributed by atoms with van der Waals surface area (Å²) in [5.74, 6) is -0.148. The number of nitrogens with one attached hydrogen (secondary N) is 1. The molecular formula is C10H9NO2. The lowest BCUT2D eigenvalue weighted by molar-refractivity contribution is -0.127. The molecule has 3 nitrogen and oxygen atoms in total. The molecule has 1 fully saturated rings. The molecule has 0 saturated heterocycles. The third kappa shape index (κ3) is 1.04. The van der Waals surface area contributed by atoms with Gasteiger partial charge in [-0.05, 0) is 18.6 Å². The monoisotopic (exact) mass is 175 g/mol. The highest BCUT2D eigenvalue weighted by atomic mass is 16.2. The van der Waals surface area contributed by atoms with E-state index in [-0.39, 0.29) is 18.0 Å². The third-order valence-corrected chi connectivity index (χ3v) is 2.20. The molecular weight excluding hydrogens is 166 g/mol. The Morgan fingerprint density at radius 1 is 1.38 bits per heavy atom. The first-order chi connectivity index (χ1) is 6.09. The van der Waals surface area contributed by atoms with E-state index in [9.17, 15) is 9.59 Å². The van der Waals surface area contributed by atoms with Gasteiger partial charge in [0.05, 0.1) is 17.3 Å². The van der Waals surface area contributed by atoms with E-state index < -0.39 is 0 Å². The van der Waals surface area contributed by atoms with Crippen LogP contribution in [0.2, 0.25) is 0 Å². The van der Waals surface area contributed by atoms with Crippen molar-refractivity contribution >= 4 is 23.7 Å². The second kappa shape index (κ2) is 2.42. The molecule has 0 aliphatic heterocycles. The van der Waals surface area contributed by atoms with Gasteiger partial charge in [-0.2, -0.15) is 0 Å². The van der Waals surface area contributed by atoms with Crippen molar-refractivity contribution in [3.05, 3.63) is 22.3 Å². The van der Waals surface area contributed by atoms with Gasteiger partial charge in [0, 0.05) is 5.35 Å². The Balaban J connectivity index is 2.80. The van der Waals surface area contributed by atoms with Crippen LogP contribution in [0.5, 0.6) is 0 Å². The van der Waals surface area contributed by atoms with Crippen LogP contribution in [0.25, 0.3) is 12.2 Å². The predicted octanol–water partition coefficient (Wildman–Crippen LogP) is -0.574. The molecule has 0 unspecified atom stereocenters. The maximum Gasteiger partial charge on any atom is 0.176 e. The Morgan fingerprint density at radius 3 is 2.38 bits per heavy atom. The Hall–Kier alpha value is -1.64. The van der Waals surface area contributed by atoms with Gasteiger partial charge >= 0.3 is 0 Å². The van der Waals surface area contributed by atoms with Crippen molar-refractivity contribution in [2.24, 2.45) is 0 Å². The zero-order chi connectivity index (χ0) is 9.59. The maximum atomic E-state index is 11.1. The first kappa shape index (κ1) is 7.98. The van der Waals surface area contributed by atoms with Crippen LogP contribution in [0.1, 0.15) is 12.0 Å². The van der Waals surface area contributed by atoms with Crippen LogP contribution in [0.4, 0.5) is 0 Å². The number of hydrogen-bond acceptors (Lipinski definition) is 2. The molecule has 1 heterocycles. The van der Waals surface area contributed by atoms with E-state index in [1.165, 1.54) is 0 Å². The summed E-state index contributed by atoms with van der Waals surface area (Å²) >= 11 is 0. The van der Waals surface area contributed by atoms with Gasteiger partial charge in [0.25, 0.3) is 0 Å². The predicted molar refractivity (Wildman–Crippen MR) is 48.3 cm³/mol. The van der Waals surface area contributed by atoms with Gasteiger partial charge in [-0.25, -0.2) is 0 Å². The fraction of sp³-hybridized carbons (Fsp3) is 0.200. The second-order valence-electron chi connectivity index (χ2n) is 3.25. The molecule has 2 rings (SSSR count). The van der Waals surface area contributed by atoms with E-state index in [0.29, 0.717) is 10.9 Å². The highest BCUT2D eigenvalue weighted by Crippen LogP contribution is 2.16. The second-order valence-corrected chi connectivity index (χ2v) is 3.25. The number of aryl methyl sites for hydroxylation is 1. The quantitative estimate of drug-likeness (QED) is 0.537. The Labute approximate surface area is 74.8 Å². The number of aromatic nitrogens is 1. The van der Waals surface area contributed by atoms with Crippen LogP contribution >= 0.6 is 0 Å². The largest absolute Gasteiger partial charge is 0.355 e. The van der Waals surface area contributed by atoms with Gasteiger partial charge in [0.1, 0.15) is 0 Å². The molecule has 1 aromatic heterocycles. The van der Waals surface area contributed by atoms with Crippen LogP contribution in [0.15, 0.2) is 6.07 Å². The highest BCUT2D eigenvalue weighted by Gasteiger charge is 2.32. The number of H-pyrrole nitrogens is 1. The molecule has 0 amide bonds. The minimum Gasteiger partial charge on any atom is -0.355 e. The molecule has 1 aromatic rings. The van der Waals surface area contributed by atoms with Gasteiger partial charge in [-0.3, -0.25) is 9.59 Å². The molecule has 0 atom stereocenters. The highest BCUT2D eigenvalue weighted by molar-refractivity contribution is 6.55. The average Bonchev–Trinajstić information content (AvgIpc) is 2.30. The van der Waals surface area contributed by atoms with E-state index in [2.05, 4.69) is 11.6 Å².